The normalized spacial score (nSPS) is 11.3. The van der Waals surface area contributed by atoms with E-state index in [1.807, 2.05) is 0 Å². The molecule has 2 aromatic rings. The van der Waals surface area contributed by atoms with E-state index in [0.717, 1.165) is 11.4 Å². The third-order valence-corrected chi connectivity index (χ3v) is 2.99. The fourth-order valence-corrected chi connectivity index (χ4v) is 2.04. The highest BCUT2D eigenvalue weighted by atomic mass is 79.9. The second kappa shape index (κ2) is 6.52. The highest BCUT2D eigenvalue weighted by Crippen LogP contribution is 2.19. The standard InChI is InChI=1S/C14H11BrN2O5/c1-7(18)16-13(20)11-6-9-5-10(15)3-4-12(9)21-14(11)17-22-8(2)19/h3-6H,1-2H3,(H,16,18,20). The maximum atomic E-state index is 12.0. The summed E-state index contributed by atoms with van der Waals surface area (Å²) in [6.07, 6.45) is 0. The molecule has 0 bridgehead atoms. The first-order valence-electron chi connectivity index (χ1n) is 6.14. The summed E-state index contributed by atoms with van der Waals surface area (Å²) in [7, 11) is 0. The first-order valence-corrected chi connectivity index (χ1v) is 6.93. The highest BCUT2D eigenvalue weighted by molar-refractivity contribution is 9.10. The fraction of sp³-hybridized carbons (Fsp3) is 0.143. The first-order chi connectivity index (χ1) is 10.4. The van der Waals surface area contributed by atoms with Crippen molar-refractivity contribution < 1.29 is 23.6 Å². The third kappa shape index (κ3) is 3.79. The Balaban J connectivity index is 2.65. The van der Waals surface area contributed by atoms with Crippen molar-refractivity contribution in [3.8, 4) is 0 Å². The van der Waals surface area contributed by atoms with Gasteiger partial charge in [0.2, 0.25) is 5.91 Å². The summed E-state index contributed by atoms with van der Waals surface area (Å²) in [6.45, 7) is 2.37. The van der Waals surface area contributed by atoms with Crippen LogP contribution in [0.25, 0.3) is 11.0 Å². The van der Waals surface area contributed by atoms with E-state index in [-0.39, 0.29) is 11.1 Å². The second-order valence-electron chi connectivity index (χ2n) is 4.33. The minimum absolute atomic E-state index is 0.0259. The lowest BCUT2D eigenvalue weighted by molar-refractivity contribution is -0.141. The van der Waals surface area contributed by atoms with Gasteiger partial charge in [-0.15, -0.1) is 0 Å². The molecule has 0 atom stereocenters. The molecule has 0 aliphatic carbocycles. The van der Waals surface area contributed by atoms with Crippen molar-refractivity contribution in [1.82, 2.24) is 5.32 Å². The average Bonchev–Trinajstić information content (AvgIpc) is 2.43. The molecule has 22 heavy (non-hydrogen) atoms. The molecule has 0 saturated carbocycles. The van der Waals surface area contributed by atoms with E-state index >= 15 is 0 Å². The third-order valence-electron chi connectivity index (χ3n) is 2.50. The molecule has 0 saturated heterocycles. The summed E-state index contributed by atoms with van der Waals surface area (Å²) in [4.78, 5) is 38.5. The molecule has 2 rings (SSSR count). The van der Waals surface area contributed by atoms with Crippen LogP contribution in [0.15, 0.2) is 38.3 Å². The van der Waals surface area contributed by atoms with Crippen LogP contribution in [0.4, 0.5) is 0 Å². The van der Waals surface area contributed by atoms with Crippen molar-refractivity contribution in [2.45, 2.75) is 13.8 Å². The van der Waals surface area contributed by atoms with E-state index in [0.29, 0.717) is 11.0 Å². The predicted octanol–water partition coefficient (Wildman–Crippen LogP) is 1.85. The monoisotopic (exact) mass is 366 g/mol. The van der Waals surface area contributed by atoms with E-state index in [1.165, 1.54) is 13.0 Å². The second-order valence-corrected chi connectivity index (χ2v) is 5.25. The Morgan fingerprint density at radius 1 is 1.23 bits per heavy atom. The van der Waals surface area contributed by atoms with Gasteiger partial charge in [0.25, 0.3) is 11.5 Å². The largest absolute Gasteiger partial charge is 0.435 e. The molecule has 1 aromatic carbocycles. The molecule has 2 amide bonds. The average molecular weight is 367 g/mol. The number of imide groups is 1. The Labute approximate surface area is 133 Å². The van der Waals surface area contributed by atoms with E-state index in [9.17, 15) is 14.4 Å². The van der Waals surface area contributed by atoms with Crippen molar-refractivity contribution in [2.24, 2.45) is 5.16 Å². The van der Waals surface area contributed by atoms with Gasteiger partial charge < -0.3 is 9.25 Å². The van der Waals surface area contributed by atoms with Gasteiger partial charge in [-0.1, -0.05) is 15.9 Å². The summed E-state index contributed by atoms with van der Waals surface area (Å²) < 4.78 is 6.25. The molecule has 1 N–H and O–H groups in total. The lowest BCUT2D eigenvalue weighted by Crippen LogP contribution is -2.32. The Kier molecular flexibility index (Phi) is 4.71. The summed E-state index contributed by atoms with van der Waals surface area (Å²) in [5.74, 6) is -1.90. The van der Waals surface area contributed by atoms with Gasteiger partial charge in [0, 0.05) is 23.7 Å². The maximum absolute atomic E-state index is 12.0. The van der Waals surface area contributed by atoms with Crippen LogP contribution in [0.5, 0.6) is 0 Å². The predicted molar refractivity (Wildman–Crippen MR) is 79.4 cm³/mol. The topological polar surface area (TPSA) is 98.0 Å². The summed E-state index contributed by atoms with van der Waals surface area (Å²) in [6, 6.07) is 6.64. The van der Waals surface area contributed by atoms with Gasteiger partial charge in [0.05, 0.1) is 0 Å². The number of carbonyl (C=O) groups is 3. The Morgan fingerprint density at radius 3 is 2.59 bits per heavy atom. The zero-order valence-electron chi connectivity index (χ0n) is 11.7. The Morgan fingerprint density at radius 2 is 1.95 bits per heavy atom. The van der Waals surface area contributed by atoms with Crippen molar-refractivity contribution in [3.63, 3.8) is 0 Å². The van der Waals surface area contributed by atoms with Crippen LogP contribution in [-0.2, 0) is 14.4 Å². The van der Waals surface area contributed by atoms with E-state index in [2.05, 4.69) is 31.2 Å². The number of carbonyl (C=O) groups excluding carboxylic acids is 3. The van der Waals surface area contributed by atoms with Crippen LogP contribution in [0.1, 0.15) is 24.2 Å². The number of halogens is 1. The smallest absolute Gasteiger partial charge is 0.332 e. The van der Waals surface area contributed by atoms with Gasteiger partial charge in [-0.25, -0.2) is 4.79 Å². The Bertz CT molecular complexity index is 841. The van der Waals surface area contributed by atoms with Crippen molar-refractivity contribution in [3.05, 3.63) is 39.9 Å². The summed E-state index contributed by atoms with van der Waals surface area (Å²) in [5.41, 5.74) is 0.208. The number of benzene rings is 1. The molecule has 114 valence electrons. The van der Waals surface area contributed by atoms with Gasteiger partial charge in [-0.2, -0.15) is 0 Å². The molecular weight excluding hydrogens is 356 g/mol. The number of amides is 2. The van der Waals surface area contributed by atoms with Gasteiger partial charge >= 0.3 is 5.97 Å². The van der Waals surface area contributed by atoms with Gasteiger partial charge in [-0.3, -0.25) is 14.9 Å². The van der Waals surface area contributed by atoms with Crippen molar-refractivity contribution >= 4 is 44.7 Å². The minimum Gasteiger partial charge on any atom is -0.435 e. The maximum Gasteiger partial charge on any atom is 0.332 e. The lowest BCUT2D eigenvalue weighted by atomic mass is 10.2. The molecule has 0 radical (unpaired) electrons. The van der Waals surface area contributed by atoms with Gasteiger partial charge in [0.1, 0.15) is 11.1 Å². The summed E-state index contributed by atoms with van der Waals surface area (Å²) in [5, 5.41) is 6.24. The first kappa shape index (κ1) is 15.9. The van der Waals surface area contributed by atoms with Crippen molar-refractivity contribution in [2.75, 3.05) is 0 Å². The minimum atomic E-state index is -0.705. The fourth-order valence-electron chi connectivity index (χ4n) is 1.66. The number of fused-ring (bicyclic) bond motifs is 1. The van der Waals surface area contributed by atoms with Crippen LogP contribution in [-0.4, -0.2) is 17.8 Å². The zero-order valence-corrected chi connectivity index (χ0v) is 13.3. The van der Waals surface area contributed by atoms with E-state index < -0.39 is 17.8 Å². The van der Waals surface area contributed by atoms with Crippen LogP contribution in [0.3, 0.4) is 0 Å². The quantitative estimate of drug-likeness (QED) is 0.645. The number of nitrogens with zero attached hydrogens (tertiary/aromatic N) is 1. The summed E-state index contributed by atoms with van der Waals surface area (Å²) >= 11 is 3.31. The molecule has 7 nitrogen and oxygen atoms in total. The number of hydrogen-bond donors (Lipinski definition) is 1. The molecule has 0 aliphatic heterocycles. The van der Waals surface area contributed by atoms with Crippen molar-refractivity contribution in [1.29, 1.82) is 0 Å². The molecule has 0 fully saturated rings. The van der Waals surface area contributed by atoms with Crippen LogP contribution in [0.2, 0.25) is 0 Å². The molecule has 1 aromatic heterocycles. The Hall–Kier alpha value is -2.48. The van der Waals surface area contributed by atoms with Crippen LogP contribution < -0.4 is 10.9 Å². The lowest BCUT2D eigenvalue weighted by Gasteiger charge is -2.04. The number of rotatable bonds is 2. The number of nitrogens with one attached hydrogen (secondary N) is 1. The van der Waals surface area contributed by atoms with E-state index in [1.54, 1.807) is 18.2 Å². The molecule has 0 aliphatic rings. The van der Waals surface area contributed by atoms with E-state index in [4.69, 9.17) is 4.42 Å². The molecule has 0 spiro atoms. The van der Waals surface area contributed by atoms with Gasteiger partial charge in [-0.05, 0) is 29.4 Å². The molecular formula is C14H11BrN2O5. The number of hydrogen-bond acceptors (Lipinski definition) is 6. The molecule has 8 heteroatoms. The highest BCUT2D eigenvalue weighted by Gasteiger charge is 2.14. The SMILES string of the molecule is CC(=O)NC(=O)c1cc2cc(Br)ccc2oc1=NOC(C)=O. The molecule has 1 heterocycles. The van der Waals surface area contributed by atoms with Gasteiger partial charge in [0.15, 0.2) is 0 Å². The van der Waals surface area contributed by atoms with Crippen LogP contribution in [0, 0.1) is 0 Å². The zero-order chi connectivity index (χ0) is 16.3. The van der Waals surface area contributed by atoms with Crippen LogP contribution >= 0.6 is 15.9 Å². The molecule has 0 unspecified atom stereocenters.